The van der Waals surface area contributed by atoms with E-state index in [2.05, 4.69) is 25.3 Å². The summed E-state index contributed by atoms with van der Waals surface area (Å²) >= 11 is 6.25. The third-order valence-corrected chi connectivity index (χ3v) is 4.66. The number of aromatic amines is 1. The molecule has 4 rings (SSSR count). The molecule has 30 heavy (non-hydrogen) atoms. The number of H-pyrrole nitrogens is 1. The summed E-state index contributed by atoms with van der Waals surface area (Å²) in [5.41, 5.74) is 0.974. The minimum Gasteiger partial charge on any atom is -0.338 e. The number of imidazole rings is 1. The highest BCUT2D eigenvalue weighted by Crippen LogP contribution is 2.30. The van der Waals surface area contributed by atoms with Crippen LogP contribution >= 0.6 is 11.6 Å². The highest BCUT2D eigenvalue weighted by atomic mass is 35.5. The highest BCUT2D eigenvalue weighted by Gasteiger charge is 2.33. The Labute approximate surface area is 173 Å². The summed E-state index contributed by atoms with van der Waals surface area (Å²) in [5, 5.41) is 2.88. The van der Waals surface area contributed by atoms with Crippen molar-refractivity contribution in [3.63, 3.8) is 0 Å². The zero-order chi connectivity index (χ0) is 21.5. The van der Waals surface area contributed by atoms with Gasteiger partial charge in [0.2, 0.25) is 0 Å². The van der Waals surface area contributed by atoms with Gasteiger partial charge in [-0.15, -0.1) is 0 Å². The second-order valence-electron chi connectivity index (χ2n) is 6.43. The van der Waals surface area contributed by atoms with Crippen molar-refractivity contribution in [3.8, 4) is 11.4 Å². The first kappa shape index (κ1) is 19.8. The Morgan fingerprint density at radius 1 is 1.13 bits per heavy atom. The molecule has 0 atom stereocenters. The zero-order valence-electron chi connectivity index (χ0n) is 15.4. The molecule has 0 saturated heterocycles. The van der Waals surface area contributed by atoms with Crippen LogP contribution in [0, 0.1) is 6.92 Å². The number of nitrogens with one attached hydrogen (secondary N) is 2. The predicted molar refractivity (Wildman–Crippen MR) is 106 cm³/mol. The quantitative estimate of drug-likeness (QED) is 0.464. The normalized spacial score (nSPS) is 11.6. The van der Waals surface area contributed by atoms with E-state index < -0.39 is 17.8 Å². The lowest BCUT2D eigenvalue weighted by Crippen LogP contribution is -2.17. The summed E-state index contributed by atoms with van der Waals surface area (Å²) in [7, 11) is 0. The average molecular weight is 432 g/mol. The predicted octanol–water partition coefficient (Wildman–Crippen LogP) is 5.25. The van der Waals surface area contributed by atoms with E-state index in [1.807, 2.05) is 24.3 Å². The maximum atomic E-state index is 12.8. The molecule has 10 heteroatoms. The van der Waals surface area contributed by atoms with Crippen LogP contribution in [0.5, 0.6) is 0 Å². The number of carbonyl (C=O) groups excluding carboxylic acids is 1. The Morgan fingerprint density at radius 3 is 2.60 bits per heavy atom. The molecule has 0 aliphatic carbocycles. The molecule has 2 N–H and O–H groups in total. The van der Waals surface area contributed by atoms with Crippen molar-refractivity contribution < 1.29 is 18.0 Å². The van der Waals surface area contributed by atoms with Gasteiger partial charge in [0.15, 0.2) is 0 Å². The van der Waals surface area contributed by atoms with Gasteiger partial charge in [0, 0.05) is 11.8 Å². The number of hydrogen-bond acceptors (Lipinski definition) is 4. The monoisotopic (exact) mass is 431 g/mol. The molecule has 4 aromatic rings. The summed E-state index contributed by atoms with van der Waals surface area (Å²) in [4.78, 5) is 27.7. The van der Waals surface area contributed by atoms with E-state index in [0.717, 1.165) is 23.2 Å². The van der Waals surface area contributed by atoms with Crippen LogP contribution in [-0.4, -0.2) is 25.8 Å². The fourth-order valence-electron chi connectivity index (χ4n) is 2.91. The lowest BCUT2D eigenvalue weighted by Gasteiger charge is -2.11. The summed E-state index contributed by atoms with van der Waals surface area (Å²) < 4.78 is 38.3. The molecule has 0 unspecified atom stereocenters. The molecule has 0 aliphatic heterocycles. The maximum absolute atomic E-state index is 12.8. The van der Waals surface area contributed by atoms with Crippen molar-refractivity contribution in [1.82, 2.24) is 19.9 Å². The highest BCUT2D eigenvalue weighted by molar-refractivity contribution is 6.33. The molecule has 0 spiro atoms. The molecule has 3 aromatic heterocycles. The Balaban J connectivity index is 1.63. The molecular formula is C20H13ClF3N5O. The number of amides is 1. The second kappa shape index (κ2) is 7.42. The fraction of sp³-hybridized carbons (Fsp3) is 0.100. The SMILES string of the molecule is Cc1nc(C(F)(F)F)ccc1C(=O)Nc1cc(-c2nc3ccccc3[nH]2)c(Cl)cn1. The summed E-state index contributed by atoms with van der Waals surface area (Å²) in [5.74, 6) is 0.0183. The number of anilines is 1. The van der Waals surface area contributed by atoms with Crippen molar-refractivity contribution in [2.45, 2.75) is 13.1 Å². The number of nitrogens with zero attached hydrogens (tertiary/aromatic N) is 3. The van der Waals surface area contributed by atoms with Crippen LogP contribution < -0.4 is 5.32 Å². The molecule has 0 bridgehead atoms. The number of fused-ring (bicyclic) bond motifs is 1. The van der Waals surface area contributed by atoms with Crippen LogP contribution in [0.3, 0.4) is 0 Å². The lowest BCUT2D eigenvalue weighted by atomic mass is 10.1. The van der Waals surface area contributed by atoms with E-state index in [4.69, 9.17) is 11.6 Å². The lowest BCUT2D eigenvalue weighted by molar-refractivity contribution is -0.141. The third-order valence-electron chi connectivity index (χ3n) is 4.36. The summed E-state index contributed by atoms with van der Waals surface area (Å²) in [6.07, 6.45) is -3.23. The number of pyridine rings is 2. The van der Waals surface area contributed by atoms with E-state index >= 15 is 0 Å². The fourth-order valence-corrected chi connectivity index (χ4v) is 3.10. The number of rotatable bonds is 3. The van der Waals surface area contributed by atoms with Gasteiger partial charge < -0.3 is 10.3 Å². The van der Waals surface area contributed by atoms with E-state index in [0.29, 0.717) is 16.4 Å². The van der Waals surface area contributed by atoms with Crippen LogP contribution in [0.25, 0.3) is 22.4 Å². The Kier molecular flexibility index (Phi) is 4.90. The first-order valence-electron chi connectivity index (χ1n) is 8.69. The number of halogens is 4. The molecule has 0 radical (unpaired) electrons. The van der Waals surface area contributed by atoms with Gasteiger partial charge >= 0.3 is 6.18 Å². The van der Waals surface area contributed by atoms with Crippen LogP contribution in [-0.2, 0) is 6.18 Å². The van der Waals surface area contributed by atoms with Crippen molar-refractivity contribution in [2.24, 2.45) is 0 Å². The molecule has 0 aliphatic rings. The number of para-hydroxylation sites is 2. The molecule has 152 valence electrons. The van der Waals surface area contributed by atoms with E-state index in [1.165, 1.54) is 19.2 Å². The number of alkyl halides is 3. The number of aromatic nitrogens is 4. The second-order valence-corrected chi connectivity index (χ2v) is 6.84. The van der Waals surface area contributed by atoms with Gasteiger partial charge in [-0.25, -0.2) is 15.0 Å². The molecule has 1 aromatic carbocycles. The third kappa shape index (κ3) is 3.84. The smallest absolute Gasteiger partial charge is 0.338 e. The largest absolute Gasteiger partial charge is 0.433 e. The molecular weight excluding hydrogens is 419 g/mol. The Hall–Kier alpha value is -3.46. The van der Waals surface area contributed by atoms with Gasteiger partial charge in [-0.3, -0.25) is 4.79 Å². The van der Waals surface area contributed by atoms with Crippen molar-refractivity contribution in [2.75, 3.05) is 5.32 Å². The first-order chi connectivity index (χ1) is 14.2. The molecule has 0 fully saturated rings. The van der Waals surface area contributed by atoms with Crippen molar-refractivity contribution in [3.05, 3.63) is 70.6 Å². The van der Waals surface area contributed by atoms with Crippen molar-refractivity contribution >= 4 is 34.4 Å². The number of benzene rings is 1. The van der Waals surface area contributed by atoms with Crippen LogP contribution in [0.4, 0.5) is 19.0 Å². The van der Waals surface area contributed by atoms with Gasteiger partial charge in [-0.05, 0) is 37.3 Å². The summed E-state index contributed by atoms with van der Waals surface area (Å²) in [6.45, 7) is 1.33. The number of hydrogen-bond donors (Lipinski definition) is 2. The van der Waals surface area contributed by atoms with E-state index in [1.54, 1.807) is 0 Å². The summed E-state index contributed by atoms with van der Waals surface area (Å²) in [6, 6.07) is 10.8. The zero-order valence-corrected chi connectivity index (χ0v) is 16.1. The number of carbonyl (C=O) groups is 1. The molecule has 6 nitrogen and oxygen atoms in total. The van der Waals surface area contributed by atoms with Gasteiger partial charge in [-0.1, -0.05) is 23.7 Å². The molecule has 1 amide bonds. The minimum absolute atomic E-state index is 0.00466. The van der Waals surface area contributed by atoms with Gasteiger partial charge in [-0.2, -0.15) is 13.2 Å². The first-order valence-corrected chi connectivity index (χ1v) is 9.07. The number of aryl methyl sites for hydroxylation is 1. The van der Waals surface area contributed by atoms with Crippen molar-refractivity contribution in [1.29, 1.82) is 0 Å². The van der Waals surface area contributed by atoms with Gasteiger partial charge in [0.25, 0.3) is 5.91 Å². The minimum atomic E-state index is -4.58. The van der Waals surface area contributed by atoms with Crippen LogP contribution in [0.2, 0.25) is 5.02 Å². The van der Waals surface area contributed by atoms with E-state index in [9.17, 15) is 18.0 Å². The Bertz CT molecular complexity index is 1240. The Morgan fingerprint density at radius 2 is 1.90 bits per heavy atom. The topological polar surface area (TPSA) is 83.6 Å². The molecule has 3 heterocycles. The van der Waals surface area contributed by atoms with Gasteiger partial charge in [0.05, 0.1) is 27.3 Å². The van der Waals surface area contributed by atoms with E-state index in [-0.39, 0.29) is 17.1 Å². The molecule has 0 saturated carbocycles. The maximum Gasteiger partial charge on any atom is 0.433 e. The van der Waals surface area contributed by atoms with Crippen LogP contribution in [0.1, 0.15) is 21.7 Å². The van der Waals surface area contributed by atoms with Crippen LogP contribution in [0.15, 0.2) is 48.7 Å². The average Bonchev–Trinajstić information content (AvgIpc) is 3.12. The van der Waals surface area contributed by atoms with Gasteiger partial charge in [0.1, 0.15) is 17.3 Å². The standard InChI is InChI=1S/C20H13ClF3N5O/c1-10-11(6-7-16(26-10)20(22,23)24)19(30)29-17-8-12(13(21)9-25-17)18-27-14-4-2-3-5-15(14)28-18/h2-9H,1H3,(H,27,28)(H,25,29,30).